The Kier molecular flexibility index (Phi) is 4.71. The van der Waals surface area contributed by atoms with Crippen molar-refractivity contribution >= 4 is 17.9 Å². The molecule has 4 N–H and O–H groups in total. The average molecular weight is 273 g/mol. The van der Waals surface area contributed by atoms with Gasteiger partial charge in [-0.15, -0.1) is 0 Å². The molecule has 0 aromatic heterocycles. The molecule has 0 aromatic rings. The first-order valence-corrected chi connectivity index (χ1v) is 5.92. The van der Waals surface area contributed by atoms with Crippen LogP contribution in [0.15, 0.2) is 0 Å². The van der Waals surface area contributed by atoms with Crippen LogP contribution in [0.2, 0.25) is 0 Å². The fourth-order valence-electron chi connectivity index (χ4n) is 1.69. The van der Waals surface area contributed by atoms with Gasteiger partial charge in [0.25, 0.3) is 0 Å². The number of nitrogens with one attached hydrogen (secondary N) is 1. The van der Waals surface area contributed by atoms with E-state index in [2.05, 4.69) is 5.32 Å². The molecule has 0 radical (unpaired) electrons. The van der Waals surface area contributed by atoms with Gasteiger partial charge in [-0.25, -0.2) is 4.79 Å². The van der Waals surface area contributed by atoms with Gasteiger partial charge in [0.1, 0.15) is 5.54 Å². The molecular weight excluding hydrogens is 254 g/mol. The number of carbonyl (C=O) groups is 3. The van der Waals surface area contributed by atoms with Crippen LogP contribution in [0.1, 0.15) is 20.3 Å². The third-order valence-corrected chi connectivity index (χ3v) is 2.93. The minimum Gasteiger partial charge on any atom is -0.481 e. The van der Waals surface area contributed by atoms with Gasteiger partial charge < -0.3 is 25.8 Å². The summed E-state index contributed by atoms with van der Waals surface area (Å²) in [7, 11) is 0. The minimum absolute atomic E-state index is 0.163. The second-order valence-electron chi connectivity index (χ2n) is 4.94. The number of ether oxygens (including phenoxy) is 1. The summed E-state index contributed by atoms with van der Waals surface area (Å²) in [5.41, 5.74) is 3.98. The maximum absolute atomic E-state index is 12.1. The smallest absolute Gasteiger partial charge is 0.318 e. The molecule has 1 aliphatic rings. The van der Waals surface area contributed by atoms with E-state index < -0.39 is 29.5 Å². The summed E-state index contributed by atoms with van der Waals surface area (Å²) in [6.07, 6.45) is -0.204. The number of hydrogen-bond donors (Lipinski definition) is 3. The summed E-state index contributed by atoms with van der Waals surface area (Å²) < 4.78 is 5.16. The predicted molar refractivity (Wildman–Crippen MR) is 65.4 cm³/mol. The SMILES string of the molecule is CC(C)(NC(=O)N1CCOCC1CC(=O)O)C(N)=O. The topological polar surface area (TPSA) is 122 Å². The number of morpholine rings is 1. The van der Waals surface area contributed by atoms with Crippen molar-refractivity contribution in [2.24, 2.45) is 5.73 Å². The van der Waals surface area contributed by atoms with Crippen molar-refractivity contribution in [1.29, 1.82) is 0 Å². The normalized spacial score (nSPS) is 19.9. The first-order chi connectivity index (χ1) is 8.74. The van der Waals surface area contributed by atoms with Crippen LogP contribution in [0.5, 0.6) is 0 Å². The zero-order chi connectivity index (χ0) is 14.6. The highest BCUT2D eigenvalue weighted by Gasteiger charge is 2.34. The molecule has 0 aromatic carbocycles. The Morgan fingerprint density at radius 3 is 2.63 bits per heavy atom. The lowest BCUT2D eigenvalue weighted by Gasteiger charge is -2.36. The van der Waals surface area contributed by atoms with Crippen LogP contribution in [0.3, 0.4) is 0 Å². The van der Waals surface area contributed by atoms with Crippen molar-refractivity contribution in [3.63, 3.8) is 0 Å². The Balaban J connectivity index is 2.72. The largest absolute Gasteiger partial charge is 0.481 e. The van der Waals surface area contributed by atoms with Crippen molar-refractivity contribution in [1.82, 2.24) is 10.2 Å². The minimum atomic E-state index is -1.19. The molecule has 1 rings (SSSR count). The lowest BCUT2D eigenvalue weighted by molar-refractivity contribution is -0.139. The van der Waals surface area contributed by atoms with Crippen LogP contribution in [0.25, 0.3) is 0 Å². The van der Waals surface area contributed by atoms with E-state index in [1.165, 1.54) is 18.7 Å². The van der Waals surface area contributed by atoms with E-state index in [0.29, 0.717) is 6.61 Å². The Morgan fingerprint density at radius 1 is 1.47 bits per heavy atom. The van der Waals surface area contributed by atoms with Gasteiger partial charge in [-0.1, -0.05) is 0 Å². The summed E-state index contributed by atoms with van der Waals surface area (Å²) in [6, 6.07) is -1.06. The number of carboxylic acid groups (broad SMARTS) is 1. The van der Waals surface area contributed by atoms with Gasteiger partial charge in [-0.3, -0.25) is 9.59 Å². The van der Waals surface area contributed by atoms with E-state index in [-0.39, 0.29) is 19.6 Å². The molecule has 3 amide bonds. The second-order valence-corrected chi connectivity index (χ2v) is 4.94. The van der Waals surface area contributed by atoms with Crippen LogP contribution >= 0.6 is 0 Å². The highest BCUT2D eigenvalue weighted by atomic mass is 16.5. The summed E-state index contributed by atoms with van der Waals surface area (Å²) in [5, 5.41) is 11.3. The summed E-state index contributed by atoms with van der Waals surface area (Å²) in [4.78, 5) is 35.3. The molecule has 1 fully saturated rings. The van der Waals surface area contributed by atoms with Gasteiger partial charge in [-0.2, -0.15) is 0 Å². The number of amides is 3. The number of hydrogen-bond acceptors (Lipinski definition) is 4. The molecule has 1 aliphatic heterocycles. The van der Waals surface area contributed by atoms with E-state index in [0.717, 1.165) is 0 Å². The van der Waals surface area contributed by atoms with Crippen molar-refractivity contribution in [2.75, 3.05) is 19.8 Å². The number of nitrogens with zero attached hydrogens (tertiary/aromatic N) is 1. The van der Waals surface area contributed by atoms with Crippen LogP contribution < -0.4 is 11.1 Å². The third kappa shape index (κ3) is 4.09. The molecule has 0 aliphatic carbocycles. The first kappa shape index (κ1) is 15.2. The molecular formula is C11H19N3O5. The zero-order valence-electron chi connectivity index (χ0n) is 11.0. The average Bonchev–Trinajstić information content (AvgIpc) is 2.27. The molecule has 0 spiro atoms. The standard InChI is InChI=1S/C11H19N3O5/c1-11(2,9(12)17)13-10(18)14-3-4-19-6-7(14)5-8(15)16/h7H,3-6H2,1-2H3,(H2,12,17)(H,13,18)(H,15,16). The van der Waals surface area contributed by atoms with Crippen molar-refractivity contribution < 1.29 is 24.2 Å². The quantitative estimate of drug-likeness (QED) is 0.615. The van der Waals surface area contributed by atoms with Crippen LogP contribution in [-0.4, -0.2) is 59.3 Å². The van der Waals surface area contributed by atoms with E-state index >= 15 is 0 Å². The molecule has 1 atom stereocenters. The maximum atomic E-state index is 12.1. The highest BCUT2D eigenvalue weighted by Crippen LogP contribution is 2.12. The van der Waals surface area contributed by atoms with E-state index in [9.17, 15) is 14.4 Å². The maximum Gasteiger partial charge on any atom is 0.318 e. The molecule has 19 heavy (non-hydrogen) atoms. The van der Waals surface area contributed by atoms with Crippen LogP contribution in [0.4, 0.5) is 4.79 Å². The fourth-order valence-corrected chi connectivity index (χ4v) is 1.69. The van der Waals surface area contributed by atoms with Crippen molar-refractivity contribution in [3.8, 4) is 0 Å². The summed E-state index contributed by atoms with van der Waals surface area (Å²) >= 11 is 0. The Bertz CT molecular complexity index is 383. The second kappa shape index (κ2) is 5.87. The van der Waals surface area contributed by atoms with Gasteiger partial charge in [0.2, 0.25) is 5.91 Å². The molecule has 1 saturated heterocycles. The Morgan fingerprint density at radius 2 is 2.11 bits per heavy atom. The number of carbonyl (C=O) groups excluding carboxylic acids is 2. The lowest BCUT2D eigenvalue weighted by atomic mass is 10.1. The molecule has 8 nitrogen and oxygen atoms in total. The molecule has 0 bridgehead atoms. The molecule has 1 unspecified atom stereocenters. The highest BCUT2D eigenvalue weighted by molar-refractivity contribution is 5.89. The zero-order valence-corrected chi connectivity index (χ0v) is 11.0. The molecule has 8 heteroatoms. The van der Waals surface area contributed by atoms with E-state index in [4.69, 9.17) is 15.6 Å². The lowest BCUT2D eigenvalue weighted by Crippen LogP contribution is -2.60. The van der Waals surface area contributed by atoms with Gasteiger partial charge >= 0.3 is 12.0 Å². The number of nitrogens with two attached hydrogens (primary N) is 1. The number of urea groups is 1. The van der Waals surface area contributed by atoms with Crippen LogP contribution in [0, 0.1) is 0 Å². The molecule has 1 heterocycles. The van der Waals surface area contributed by atoms with Gasteiger partial charge in [0, 0.05) is 6.54 Å². The monoisotopic (exact) mass is 273 g/mol. The van der Waals surface area contributed by atoms with Gasteiger partial charge in [0.05, 0.1) is 25.7 Å². The van der Waals surface area contributed by atoms with E-state index in [1.807, 2.05) is 0 Å². The van der Waals surface area contributed by atoms with Crippen LogP contribution in [-0.2, 0) is 14.3 Å². The number of aliphatic carboxylic acids is 1. The van der Waals surface area contributed by atoms with Gasteiger partial charge in [0.15, 0.2) is 0 Å². The van der Waals surface area contributed by atoms with Gasteiger partial charge in [-0.05, 0) is 13.8 Å². The Labute approximate surface area is 110 Å². The predicted octanol–water partition coefficient (Wildman–Crippen LogP) is -0.865. The summed E-state index contributed by atoms with van der Waals surface area (Å²) in [6.45, 7) is 3.75. The molecule has 108 valence electrons. The third-order valence-electron chi connectivity index (χ3n) is 2.93. The first-order valence-electron chi connectivity index (χ1n) is 5.92. The number of carboxylic acids is 1. The fraction of sp³-hybridized carbons (Fsp3) is 0.727. The van der Waals surface area contributed by atoms with Crippen molar-refractivity contribution in [2.45, 2.75) is 31.8 Å². The number of rotatable bonds is 4. The van der Waals surface area contributed by atoms with E-state index in [1.54, 1.807) is 0 Å². The Hall–Kier alpha value is -1.83. The van der Waals surface area contributed by atoms with Crippen molar-refractivity contribution in [3.05, 3.63) is 0 Å². The summed E-state index contributed by atoms with van der Waals surface area (Å²) in [5.74, 6) is -1.67. The molecule has 0 saturated carbocycles. The number of primary amides is 1.